The third-order valence-electron chi connectivity index (χ3n) is 4.93. The van der Waals surface area contributed by atoms with Crippen LogP contribution < -0.4 is 4.74 Å². The molecule has 0 aliphatic carbocycles. The molecule has 0 unspecified atom stereocenters. The van der Waals surface area contributed by atoms with Gasteiger partial charge < -0.3 is 14.6 Å². The minimum absolute atomic E-state index is 0.0111. The maximum atomic E-state index is 13.5. The SMILES string of the molecule is COc1c(Cl)cc(C(C)C)c(/C=C/[C@H]2C[C@H](O)CC(=O)O2)c1-c1ccc(F)cc1. The van der Waals surface area contributed by atoms with E-state index in [1.165, 1.54) is 19.2 Å². The maximum Gasteiger partial charge on any atom is 0.309 e. The molecule has 1 heterocycles. The van der Waals surface area contributed by atoms with Gasteiger partial charge in [-0.05, 0) is 46.9 Å². The first-order valence-corrected chi connectivity index (χ1v) is 9.90. The second-order valence-corrected chi connectivity index (χ2v) is 7.82. The van der Waals surface area contributed by atoms with Gasteiger partial charge in [0.05, 0.1) is 24.7 Å². The van der Waals surface area contributed by atoms with Crippen molar-refractivity contribution in [2.45, 2.75) is 44.8 Å². The fourth-order valence-corrected chi connectivity index (χ4v) is 3.85. The van der Waals surface area contributed by atoms with E-state index in [1.807, 2.05) is 26.0 Å². The average Bonchev–Trinajstić information content (AvgIpc) is 2.66. The van der Waals surface area contributed by atoms with Gasteiger partial charge >= 0.3 is 5.97 Å². The molecule has 0 bridgehead atoms. The third kappa shape index (κ3) is 4.80. The van der Waals surface area contributed by atoms with Crippen LogP contribution in [-0.4, -0.2) is 30.4 Å². The van der Waals surface area contributed by atoms with Gasteiger partial charge in [-0.3, -0.25) is 4.79 Å². The van der Waals surface area contributed by atoms with Crippen LogP contribution in [0.4, 0.5) is 4.39 Å². The number of carbonyl (C=O) groups is 1. The topological polar surface area (TPSA) is 55.8 Å². The van der Waals surface area contributed by atoms with Crippen molar-refractivity contribution in [3.8, 4) is 16.9 Å². The van der Waals surface area contributed by atoms with Crippen molar-refractivity contribution >= 4 is 23.6 Å². The number of methoxy groups -OCH3 is 1. The van der Waals surface area contributed by atoms with Gasteiger partial charge in [0.1, 0.15) is 17.7 Å². The second kappa shape index (κ2) is 8.97. The van der Waals surface area contributed by atoms with Gasteiger partial charge in [0.15, 0.2) is 0 Å². The van der Waals surface area contributed by atoms with Crippen molar-refractivity contribution in [3.63, 3.8) is 0 Å². The molecule has 6 heteroatoms. The Balaban J connectivity index is 2.16. The first-order valence-electron chi connectivity index (χ1n) is 9.52. The number of rotatable bonds is 5. The number of hydrogen-bond acceptors (Lipinski definition) is 4. The number of carbonyl (C=O) groups excluding carboxylic acids is 1. The van der Waals surface area contributed by atoms with Gasteiger partial charge in [-0.25, -0.2) is 4.39 Å². The molecule has 1 aliphatic rings. The van der Waals surface area contributed by atoms with Crippen molar-refractivity contribution in [3.05, 3.63) is 58.4 Å². The Morgan fingerprint density at radius 1 is 1.31 bits per heavy atom. The Morgan fingerprint density at radius 3 is 2.59 bits per heavy atom. The predicted octanol–water partition coefficient (Wildman–Crippen LogP) is 5.36. The molecule has 0 saturated carbocycles. The lowest BCUT2D eigenvalue weighted by Gasteiger charge is -2.24. The number of aliphatic hydroxyl groups excluding tert-OH is 1. The maximum absolute atomic E-state index is 13.5. The van der Waals surface area contributed by atoms with Crippen LogP contribution in [-0.2, 0) is 9.53 Å². The molecule has 2 atom stereocenters. The van der Waals surface area contributed by atoms with Gasteiger partial charge in [-0.1, -0.05) is 43.7 Å². The predicted molar refractivity (Wildman–Crippen MR) is 112 cm³/mol. The highest BCUT2D eigenvalue weighted by Gasteiger charge is 2.26. The molecule has 0 radical (unpaired) electrons. The molecule has 1 fully saturated rings. The minimum atomic E-state index is -0.716. The van der Waals surface area contributed by atoms with E-state index in [9.17, 15) is 14.3 Å². The first kappa shape index (κ1) is 21.3. The van der Waals surface area contributed by atoms with Crippen molar-refractivity contribution in [2.24, 2.45) is 0 Å². The summed E-state index contributed by atoms with van der Waals surface area (Å²) in [6, 6.07) is 7.99. The van der Waals surface area contributed by atoms with Crippen molar-refractivity contribution in [1.82, 2.24) is 0 Å². The van der Waals surface area contributed by atoms with Gasteiger partial charge in [-0.2, -0.15) is 0 Å². The summed E-state index contributed by atoms with van der Waals surface area (Å²) in [6.07, 6.45) is 2.75. The molecule has 3 rings (SSSR count). The summed E-state index contributed by atoms with van der Waals surface area (Å²) in [6.45, 7) is 4.10. The Labute approximate surface area is 174 Å². The average molecular weight is 419 g/mol. The molecule has 4 nitrogen and oxygen atoms in total. The molecule has 1 N–H and O–H groups in total. The normalized spacial score (nSPS) is 19.6. The monoisotopic (exact) mass is 418 g/mol. The fraction of sp³-hybridized carbons (Fsp3) is 0.348. The smallest absolute Gasteiger partial charge is 0.309 e. The zero-order valence-corrected chi connectivity index (χ0v) is 17.4. The lowest BCUT2D eigenvalue weighted by Crippen LogP contribution is -2.31. The Bertz CT molecular complexity index is 921. The Hall–Kier alpha value is -2.37. The fourth-order valence-electron chi connectivity index (χ4n) is 3.56. The summed E-state index contributed by atoms with van der Waals surface area (Å²) < 4.78 is 24.4. The molecule has 1 saturated heterocycles. The summed E-state index contributed by atoms with van der Waals surface area (Å²) in [7, 11) is 1.54. The van der Waals surface area contributed by atoms with E-state index in [0.29, 0.717) is 17.2 Å². The van der Waals surface area contributed by atoms with Crippen molar-refractivity contribution in [2.75, 3.05) is 7.11 Å². The van der Waals surface area contributed by atoms with Crippen LogP contribution in [0.15, 0.2) is 36.4 Å². The number of halogens is 2. The highest BCUT2D eigenvalue weighted by Crippen LogP contribution is 2.43. The van der Waals surface area contributed by atoms with Gasteiger partial charge in [-0.15, -0.1) is 0 Å². The van der Waals surface area contributed by atoms with Crippen LogP contribution in [0.1, 0.15) is 43.7 Å². The van der Waals surface area contributed by atoms with E-state index in [-0.39, 0.29) is 18.2 Å². The zero-order chi connectivity index (χ0) is 21.1. The van der Waals surface area contributed by atoms with Gasteiger partial charge in [0.25, 0.3) is 0 Å². The minimum Gasteiger partial charge on any atom is -0.495 e. The summed E-state index contributed by atoms with van der Waals surface area (Å²) in [4.78, 5) is 11.6. The molecule has 154 valence electrons. The summed E-state index contributed by atoms with van der Waals surface area (Å²) in [5.41, 5.74) is 3.33. The van der Waals surface area contributed by atoms with Crippen LogP contribution in [0, 0.1) is 5.82 Å². The van der Waals surface area contributed by atoms with E-state index >= 15 is 0 Å². The number of hydrogen-bond donors (Lipinski definition) is 1. The molecule has 2 aromatic rings. The molecule has 0 aromatic heterocycles. The van der Waals surface area contributed by atoms with Crippen LogP contribution in [0.2, 0.25) is 5.02 Å². The molecule has 29 heavy (non-hydrogen) atoms. The van der Waals surface area contributed by atoms with Crippen LogP contribution in [0.25, 0.3) is 17.2 Å². The first-order chi connectivity index (χ1) is 13.8. The lowest BCUT2D eigenvalue weighted by atomic mass is 9.88. The molecule has 1 aliphatic heterocycles. The van der Waals surface area contributed by atoms with E-state index in [2.05, 4.69) is 0 Å². The van der Waals surface area contributed by atoms with Gasteiger partial charge in [0.2, 0.25) is 0 Å². The summed E-state index contributed by atoms with van der Waals surface area (Å²) in [5, 5.41) is 10.3. The number of aliphatic hydroxyl groups is 1. The second-order valence-electron chi connectivity index (χ2n) is 7.41. The third-order valence-corrected chi connectivity index (χ3v) is 5.21. The zero-order valence-electron chi connectivity index (χ0n) is 16.6. The molecular weight excluding hydrogens is 395 g/mol. The number of benzene rings is 2. The van der Waals surface area contributed by atoms with E-state index in [0.717, 1.165) is 22.3 Å². The largest absolute Gasteiger partial charge is 0.495 e. The van der Waals surface area contributed by atoms with E-state index in [1.54, 1.807) is 18.2 Å². The summed E-state index contributed by atoms with van der Waals surface area (Å²) in [5.74, 6) is -0.117. The molecule has 2 aromatic carbocycles. The standard InChI is InChI=1S/C23H24ClFO4/c1-13(2)19-12-20(24)23(28-3)22(14-4-6-15(25)7-5-14)18(19)9-8-17-10-16(26)11-21(27)29-17/h4-9,12-13,16-17,26H,10-11H2,1-3H3/b9-8+/t16-,17-/m0/s1. The lowest BCUT2D eigenvalue weighted by molar-refractivity contribution is -0.156. The summed E-state index contributed by atoms with van der Waals surface area (Å²) >= 11 is 6.49. The van der Waals surface area contributed by atoms with Crippen LogP contribution >= 0.6 is 11.6 Å². The van der Waals surface area contributed by atoms with Gasteiger partial charge in [0, 0.05) is 12.0 Å². The van der Waals surface area contributed by atoms with Crippen LogP contribution in [0.3, 0.4) is 0 Å². The Morgan fingerprint density at radius 2 is 2.00 bits per heavy atom. The highest BCUT2D eigenvalue weighted by atomic mass is 35.5. The molecule has 0 spiro atoms. The number of cyclic esters (lactones) is 1. The van der Waals surface area contributed by atoms with Crippen LogP contribution in [0.5, 0.6) is 5.75 Å². The van der Waals surface area contributed by atoms with E-state index < -0.39 is 18.2 Å². The van der Waals surface area contributed by atoms with Crippen molar-refractivity contribution < 1.29 is 23.8 Å². The highest BCUT2D eigenvalue weighted by molar-refractivity contribution is 6.32. The quantitative estimate of drug-likeness (QED) is 0.664. The number of ether oxygens (including phenoxy) is 2. The molecular formula is C23H24ClFO4. The van der Waals surface area contributed by atoms with E-state index in [4.69, 9.17) is 21.1 Å². The Kier molecular flexibility index (Phi) is 6.60. The van der Waals surface area contributed by atoms with Crippen molar-refractivity contribution in [1.29, 1.82) is 0 Å². The molecule has 0 amide bonds. The number of esters is 1.